The molecule has 1 heterocycles. The van der Waals surface area contributed by atoms with Gasteiger partial charge in [0, 0.05) is 19.8 Å². The Morgan fingerprint density at radius 3 is 1.30 bits per heavy atom. The summed E-state index contributed by atoms with van der Waals surface area (Å²) in [6, 6.07) is 1.09. The first kappa shape index (κ1) is 33.1. The average Bonchev–Trinajstić information content (AvgIpc) is 2.82. The minimum absolute atomic E-state index is 0.119. The fraction of sp³-hybridized carbons (Fsp3) is 1.00. The highest BCUT2D eigenvalue weighted by Gasteiger charge is 2.58. The van der Waals surface area contributed by atoms with Crippen LogP contribution in [0.4, 0.5) is 0 Å². The Bertz CT molecular complexity index is 375. The summed E-state index contributed by atoms with van der Waals surface area (Å²) >= 11 is 0. The van der Waals surface area contributed by atoms with Crippen LogP contribution in [0.25, 0.3) is 0 Å². The third-order valence-electron chi connectivity index (χ3n) is 7.23. The summed E-state index contributed by atoms with van der Waals surface area (Å²) < 4.78 is 18.5. The van der Waals surface area contributed by atoms with E-state index in [1.807, 2.05) is 0 Å². The van der Waals surface area contributed by atoms with Gasteiger partial charge in [-0.15, -0.1) is 0 Å². The smallest absolute Gasteiger partial charge is 0.371 e. The van der Waals surface area contributed by atoms with Crippen LogP contribution in [0.5, 0.6) is 0 Å². The molecule has 1 atom stereocenters. The Hall–Kier alpha value is 0.0969. The molecule has 1 unspecified atom stereocenters. The quantitative estimate of drug-likeness (QED) is 0.126. The van der Waals surface area contributed by atoms with Gasteiger partial charge in [0.15, 0.2) is 0 Å². The van der Waals surface area contributed by atoms with Gasteiger partial charge in [-0.05, 0) is 39.7 Å². The number of unbranched alkanes of at least 4 members (excludes halogenated alkanes) is 13. The molecule has 0 aromatic heterocycles. The van der Waals surface area contributed by atoms with Crippen molar-refractivity contribution in [1.82, 2.24) is 0 Å². The predicted octanol–water partition coefficient (Wildman–Crippen LogP) is 9.90. The molecule has 33 heavy (non-hydrogen) atoms. The molecule has 0 aliphatic carbocycles. The number of hydrogen-bond acceptors (Lipinski definition) is 3. The average molecular weight is 487 g/mol. The lowest BCUT2D eigenvalue weighted by Crippen LogP contribution is -2.65. The third-order valence-corrected chi connectivity index (χ3v) is 11.9. The lowest BCUT2D eigenvalue weighted by molar-refractivity contribution is -0.0426. The zero-order chi connectivity index (χ0) is 24.7. The maximum Gasteiger partial charge on any atom is 0.371 e. The van der Waals surface area contributed by atoms with Gasteiger partial charge in [0.25, 0.3) is 0 Å². The van der Waals surface area contributed by atoms with Gasteiger partial charge in [0.1, 0.15) is 5.22 Å². The van der Waals surface area contributed by atoms with Crippen LogP contribution < -0.4 is 0 Å². The maximum absolute atomic E-state index is 6.16. The summed E-state index contributed by atoms with van der Waals surface area (Å²) in [4.78, 5) is 0. The Morgan fingerprint density at radius 2 is 0.970 bits per heavy atom. The van der Waals surface area contributed by atoms with Gasteiger partial charge in [-0.2, -0.15) is 0 Å². The van der Waals surface area contributed by atoms with Gasteiger partial charge in [-0.1, -0.05) is 124 Å². The van der Waals surface area contributed by atoms with E-state index >= 15 is 0 Å². The van der Waals surface area contributed by atoms with Crippen molar-refractivity contribution in [2.24, 2.45) is 0 Å². The van der Waals surface area contributed by atoms with Crippen LogP contribution in [0.15, 0.2) is 0 Å². The molecule has 0 bridgehead atoms. The van der Waals surface area contributed by atoms with Crippen LogP contribution in [0, 0.1) is 0 Å². The Labute approximate surface area is 210 Å². The van der Waals surface area contributed by atoms with Crippen LogP contribution in [-0.2, 0) is 13.6 Å². The highest BCUT2D eigenvalue weighted by Crippen LogP contribution is 2.43. The SMILES string of the molecule is CCCCCCCCCCCCCCCC.CCOC1(CC)CCCC[Si]1(OCC)OCC. The number of rotatable bonds is 20. The molecular weight excluding hydrogens is 424 g/mol. The molecule has 1 fully saturated rings. The molecule has 0 amide bonds. The zero-order valence-electron chi connectivity index (χ0n) is 23.8. The Balaban J connectivity index is 0.000000622. The molecule has 1 aliphatic rings. The highest BCUT2D eigenvalue weighted by molar-refractivity contribution is 6.70. The summed E-state index contributed by atoms with van der Waals surface area (Å²) in [5.41, 5.74) is 0. The van der Waals surface area contributed by atoms with Crippen LogP contribution >= 0.6 is 0 Å². The van der Waals surface area contributed by atoms with E-state index in [-0.39, 0.29) is 5.22 Å². The molecule has 3 nitrogen and oxygen atoms in total. The fourth-order valence-corrected chi connectivity index (χ4v) is 9.84. The topological polar surface area (TPSA) is 27.7 Å². The maximum atomic E-state index is 6.16. The molecule has 4 heteroatoms. The molecule has 0 radical (unpaired) electrons. The van der Waals surface area contributed by atoms with E-state index in [2.05, 4.69) is 41.5 Å². The second-order valence-electron chi connectivity index (χ2n) is 9.85. The minimum atomic E-state index is -2.21. The molecule has 1 rings (SSSR count). The van der Waals surface area contributed by atoms with Crippen LogP contribution in [0.2, 0.25) is 6.04 Å². The normalized spacial score (nSPS) is 19.8. The van der Waals surface area contributed by atoms with E-state index in [0.29, 0.717) is 0 Å². The molecule has 0 N–H and O–H groups in total. The summed E-state index contributed by atoms with van der Waals surface area (Å²) in [7, 11) is -2.21. The number of ether oxygens (including phenoxy) is 1. The molecule has 0 saturated carbocycles. The van der Waals surface area contributed by atoms with Crippen molar-refractivity contribution in [3.8, 4) is 0 Å². The molecule has 0 aromatic carbocycles. The van der Waals surface area contributed by atoms with E-state index in [9.17, 15) is 0 Å². The molecule has 1 saturated heterocycles. The molecular formula is C29H62O3Si. The van der Waals surface area contributed by atoms with Gasteiger partial charge in [0.2, 0.25) is 0 Å². The molecule has 0 spiro atoms. The summed E-state index contributed by atoms with van der Waals surface area (Å²) in [5, 5.41) is -0.119. The van der Waals surface area contributed by atoms with Crippen molar-refractivity contribution in [1.29, 1.82) is 0 Å². The fourth-order valence-electron chi connectivity index (χ4n) is 5.38. The van der Waals surface area contributed by atoms with E-state index in [1.54, 1.807) is 0 Å². The van der Waals surface area contributed by atoms with Gasteiger partial charge in [-0.25, -0.2) is 0 Å². The largest absolute Gasteiger partial charge is 0.393 e. The summed E-state index contributed by atoms with van der Waals surface area (Å²) in [6.07, 6.45) is 25.0. The Kier molecular flexibility index (Phi) is 22.6. The van der Waals surface area contributed by atoms with Crippen LogP contribution in [-0.4, -0.2) is 33.6 Å². The molecule has 200 valence electrons. The van der Waals surface area contributed by atoms with E-state index in [4.69, 9.17) is 13.6 Å². The lowest BCUT2D eigenvalue weighted by Gasteiger charge is -2.49. The summed E-state index contributed by atoms with van der Waals surface area (Å²) in [6.45, 7) is 15.2. The van der Waals surface area contributed by atoms with Crippen molar-refractivity contribution in [3.05, 3.63) is 0 Å². The first-order valence-electron chi connectivity index (χ1n) is 15.0. The third kappa shape index (κ3) is 13.7. The summed E-state index contributed by atoms with van der Waals surface area (Å²) in [5.74, 6) is 0. The Morgan fingerprint density at radius 1 is 0.545 bits per heavy atom. The zero-order valence-corrected chi connectivity index (χ0v) is 24.8. The van der Waals surface area contributed by atoms with E-state index < -0.39 is 8.56 Å². The highest BCUT2D eigenvalue weighted by atomic mass is 28.4. The van der Waals surface area contributed by atoms with Crippen molar-refractivity contribution in [2.45, 2.75) is 168 Å². The van der Waals surface area contributed by atoms with Gasteiger partial charge in [0.05, 0.1) is 0 Å². The van der Waals surface area contributed by atoms with Crippen molar-refractivity contribution >= 4 is 8.56 Å². The van der Waals surface area contributed by atoms with E-state index in [1.165, 1.54) is 103 Å². The van der Waals surface area contributed by atoms with Crippen molar-refractivity contribution in [2.75, 3.05) is 19.8 Å². The van der Waals surface area contributed by atoms with Gasteiger partial charge in [-0.3, -0.25) is 0 Å². The molecule has 0 aromatic rings. The van der Waals surface area contributed by atoms with Crippen LogP contribution in [0.1, 0.15) is 157 Å². The molecule has 1 aliphatic heterocycles. The second-order valence-corrected chi connectivity index (χ2v) is 13.3. The van der Waals surface area contributed by atoms with E-state index in [0.717, 1.165) is 38.7 Å². The lowest BCUT2D eigenvalue weighted by atomic mass is 10.0. The monoisotopic (exact) mass is 486 g/mol. The minimum Gasteiger partial charge on any atom is -0.393 e. The first-order chi connectivity index (χ1) is 16.1. The van der Waals surface area contributed by atoms with Crippen molar-refractivity contribution < 1.29 is 13.6 Å². The first-order valence-corrected chi connectivity index (χ1v) is 17.1. The number of hydrogen-bond donors (Lipinski definition) is 0. The van der Waals surface area contributed by atoms with Gasteiger partial charge < -0.3 is 13.6 Å². The predicted molar refractivity (Wildman–Crippen MR) is 148 cm³/mol. The second kappa shape index (κ2) is 22.6. The van der Waals surface area contributed by atoms with Crippen molar-refractivity contribution in [3.63, 3.8) is 0 Å². The van der Waals surface area contributed by atoms with Crippen LogP contribution in [0.3, 0.4) is 0 Å². The standard InChI is InChI=1S/C16H34.C13H28O3Si/c1-3-5-7-9-11-13-15-16-14-12-10-8-6-4-2;1-5-13(14-6-2)11-9-10-12-17(13,15-7-3)16-8-4/h3-16H2,1-2H3;5-12H2,1-4H3. The van der Waals surface area contributed by atoms with Gasteiger partial charge >= 0.3 is 8.56 Å².